The first kappa shape index (κ1) is 13.1. The van der Waals surface area contributed by atoms with Crippen molar-refractivity contribution in [2.45, 2.75) is 25.7 Å². The minimum atomic E-state index is 0.0408. The summed E-state index contributed by atoms with van der Waals surface area (Å²) in [6.45, 7) is 1.59. The number of carbonyl (C=O) groups excluding carboxylic acids is 1. The molecule has 106 valence electrons. The molecule has 0 spiro atoms. The first-order valence-corrected chi connectivity index (χ1v) is 6.89. The van der Waals surface area contributed by atoms with Gasteiger partial charge >= 0.3 is 0 Å². The monoisotopic (exact) mass is 275 g/mol. The number of ether oxygens (including phenoxy) is 1. The number of nitrogens with zero attached hydrogens (tertiary/aromatic N) is 1. The lowest BCUT2D eigenvalue weighted by molar-refractivity contribution is 0.0962. The second kappa shape index (κ2) is 6.05. The van der Waals surface area contributed by atoms with Gasteiger partial charge in [0.2, 0.25) is 0 Å². The molecule has 20 heavy (non-hydrogen) atoms. The highest BCUT2D eigenvalue weighted by Crippen LogP contribution is 2.20. The smallest absolute Gasteiger partial charge is 0.184 e. The average Bonchev–Trinajstić information content (AvgIpc) is 3.19. The molecular formula is C15H17NO4. The number of rotatable bonds is 6. The first-order valence-electron chi connectivity index (χ1n) is 6.89. The molecule has 0 aromatic carbocycles. The van der Waals surface area contributed by atoms with E-state index < -0.39 is 0 Å². The Morgan fingerprint density at radius 1 is 1.45 bits per heavy atom. The Morgan fingerprint density at radius 2 is 2.40 bits per heavy atom. The van der Waals surface area contributed by atoms with Gasteiger partial charge in [0, 0.05) is 32.1 Å². The molecule has 2 aromatic heterocycles. The maximum absolute atomic E-state index is 12.0. The highest BCUT2D eigenvalue weighted by Gasteiger charge is 2.19. The van der Waals surface area contributed by atoms with Crippen LogP contribution in [0.3, 0.4) is 0 Å². The minimum absolute atomic E-state index is 0.0408. The van der Waals surface area contributed by atoms with Crippen LogP contribution in [-0.2, 0) is 11.2 Å². The van der Waals surface area contributed by atoms with Gasteiger partial charge in [-0.1, -0.05) is 5.16 Å². The minimum Gasteiger partial charge on any atom is -0.472 e. The zero-order valence-electron chi connectivity index (χ0n) is 11.2. The van der Waals surface area contributed by atoms with Crippen LogP contribution < -0.4 is 0 Å². The van der Waals surface area contributed by atoms with Gasteiger partial charge < -0.3 is 13.7 Å². The third-order valence-corrected chi connectivity index (χ3v) is 3.61. The maximum atomic E-state index is 12.0. The van der Waals surface area contributed by atoms with Crippen molar-refractivity contribution < 1.29 is 18.5 Å². The molecule has 1 saturated heterocycles. The Bertz CT molecular complexity index is 552. The summed E-state index contributed by atoms with van der Waals surface area (Å²) in [5, 5.41) is 3.86. The number of ketones is 1. The van der Waals surface area contributed by atoms with Gasteiger partial charge in [0.05, 0.1) is 12.5 Å². The largest absolute Gasteiger partial charge is 0.472 e. The predicted octanol–water partition coefficient (Wildman–Crippen LogP) is 2.86. The molecule has 3 heterocycles. The molecule has 3 rings (SSSR count). The zero-order chi connectivity index (χ0) is 13.8. The van der Waals surface area contributed by atoms with Crippen LogP contribution in [0, 0.1) is 5.92 Å². The van der Waals surface area contributed by atoms with Crippen molar-refractivity contribution in [1.82, 2.24) is 5.16 Å². The average molecular weight is 275 g/mol. The van der Waals surface area contributed by atoms with E-state index in [9.17, 15) is 4.79 Å². The van der Waals surface area contributed by atoms with Crippen LogP contribution >= 0.6 is 0 Å². The molecule has 0 aliphatic carbocycles. The third kappa shape index (κ3) is 3.17. The number of hydrogen-bond acceptors (Lipinski definition) is 5. The summed E-state index contributed by atoms with van der Waals surface area (Å²) in [4.78, 5) is 12.0. The van der Waals surface area contributed by atoms with Crippen molar-refractivity contribution in [3.8, 4) is 0 Å². The Morgan fingerprint density at radius 3 is 3.15 bits per heavy atom. The fourth-order valence-corrected chi connectivity index (χ4v) is 2.40. The molecule has 2 aromatic rings. The molecule has 0 N–H and O–H groups in total. The van der Waals surface area contributed by atoms with E-state index in [-0.39, 0.29) is 5.78 Å². The summed E-state index contributed by atoms with van der Waals surface area (Å²) in [6.07, 6.45) is 6.28. The molecule has 1 fully saturated rings. The molecular weight excluding hydrogens is 258 g/mol. The first-order chi connectivity index (χ1) is 9.81. The summed E-state index contributed by atoms with van der Waals surface area (Å²) in [5.74, 6) is 1.23. The standard InChI is InChI=1S/C15H17NO4/c17-15(2-1-11-3-5-18-9-11)14-8-13(20-16-14)7-12-4-6-19-10-12/h4,6,8,10-11H,1-3,5,7,9H2. The van der Waals surface area contributed by atoms with Gasteiger partial charge in [-0.25, -0.2) is 0 Å². The van der Waals surface area contributed by atoms with Crippen LogP contribution in [0.5, 0.6) is 0 Å². The van der Waals surface area contributed by atoms with Crippen molar-refractivity contribution in [3.63, 3.8) is 0 Å². The third-order valence-electron chi connectivity index (χ3n) is 3.61. The summed E-state index contributed by atoms with van der Waals surface area (Å²) in [5.41, 5.74) is 1.42. The molecule has 1 unspecified atom stereocenters. The number of Topliss-reactive ketones (excluding diaryl/α,β-unsaturated/α-hetero) is 1. The van der Waals surface area contributed by atoms with E-state index >= 15 is 0 Å². The Labute approximate surface area is 116 Å². The molecule has 5 heteroatoms. The van der Waals surface area contributed by atoms with Gasteiger partial charge in [0.15, 0.2) is 5.78 Å². The molecule has 0 amide bonds. The van der Waals surface area contributed by atoms with Crippen LogP contribution in [0.2, 0.25) is 0 Å². The number of hydrogen-bond donors (Lipinski definition) is 0. The van der Waals surface area contributed by atoms with Crippen LogP contribution in [0.1, 0.15) is 41.1 Å². The fraction of sp³-hybridized carbons (Fsp3) is 0.467. The van der Waals surface area contributed by atoms with Gasteiger partial charge in [0.25, 0.3) is 0 Å². The van der Waals surface area contributed by atoms with Gasteiger partial charge in [-0.05, 0) is 30.4 Å². The fourth-order valence-electron chi connectivity index (χ4n) is 2.40. The van der Waals surface area contributed by atoms with Crippen molar-refractivity contribution in [3.05, 3.63) is 41.7 Å². The lowest BCUT2D eigenvalue weighted by Gasteiger charge is -2.04. The molecule has 0 bridgehead atoms. The molecule has 1 atom stereocenters. The Hall–Kier alpha value is -1.88. The van der Waals surface area contributed by atoms with Crippen LogP contribution in [0.4, 0.5) is 0 Å². The topological polar surface area (TPSA) is 65.5 Å². The van der Waals surface area contributed by atoms with E-state index in [2.05, 4.69) is 5.16 Å². The van der Waals surface area contributed by atoms with Crippen molar-refractivity contribution in [2.75, 3.05) is 13.2 Å². The zero-order valence-corrected chi connectivity index (χ0v) is 11.2. The summed E-state index contributed by atoms with van der Waals surface area (Å²) in [7, 11) is 0. The predicted molar refractivity (Wildman–Crippen MR) is 70.5 cm³/mol. The number of aromatic nitrogens is 1. The molecule has 5 nitrogen and oxygen atoms in total. The van der Waals surface area contributed by atoms with Crippen LogP contribution in [0.25, 0.3) is 0 Å². The van der Waals surface area contributed by atoms with E-state index in [0.717, 1.165) is 31.6 Å². The Kier molecular flexibility index (Phi) is 3.97. The summed E-state index contributed by atoms with van der Waals surface area (Å²) < 4.78 is 15.5. The number of carbonyl (C=O) groups is 1. The Balaban J connectivity index is 1.54. The number of furan rings is 1. The molecule has 0 radical (unpaired) electrons. The second-order valence-electron chi connectivity index (χ2n) is 5.18. The van der Waals surface area contributed by atoms with E-state index in [1.54, 1.807) is 18.6 Å². The molecule has 1 aliphatic rings. The highest BCUT2D eigenvalue weighted by molar-refractivity contribution is 5.94. The van der Waals surface area contributed by atoms with Gasteiger partial charge in [-0.3, -0.25) is 4.79 Å². The normalized spacial score (nSPS) is 18.5. The van der Waals surface area contributed by atoms with Crippen LogP contribution in [0.15, 0.2) is 33.6 Å². The SMILES string of the molecule is O=C(CCC1CCOC1)c1cc(Cc2ccoc2)on1. The molecule has 0 saturated carbocycles. The highest BCUT2D eigenvalue weighted by atomic mass is 16.5. The van der Waals surface area contributed by atoms with Gasteiger partial charge in [-0.15, -0.1) is 0 Å². The molecule has 1 aliphatic heterocycles. The van der Waals surface area contributed by atoms with E-state index in [1.165, 1.54) is 0 Å². The van der Waals surface area contributed by atoms with Gasteiger partial charge in [0.1, 0.15) is 11.5 Å². The van der Waals surface area contributed by atoms with E-state index in [1.807, 2.05) is 6.07 Å². The van der Waals surface area contributed by atoms with Crippen molar-refractivity contribution in [2.24, 2.45) is 5.92 Å². The van der Waals surface area contributed by atoms with Crippen LogP contribution in [-0.4, -0.2) is 24.2 Å². The van der Waals surface area contributed by atoms with Crippen molar-refractivity contribution >= 4 is 5.78 Å². The second-order valence-corrected chi connectivity index (χ2v) is 5.18. The van der Waals surface area contributed by atoms with Gasteiger partial charge in [-0.2, -0.15) is 0 Å². The maximum Gasteiger partial charge on any atom is 0.184 e. The lowest BCUT2D eigenvalue weighted by Crippen LogP contribution is -2.05. The van der Waals surface area contributed by atoms with E-state index in [0.29, 0.717) is 30.2 Å². The lowest BCUT2D eigenvalue weighted by atomic mass is 10.00. The van der Waals surface area contributed by atoms with E-state index in [4.69, 9.17) is 13.7 Å². The quantitative estimate of drug-likeness (QED) is 0.758. The summed E-state index contributed by atoms with van der Waals surface area (Å²) >= 11 is 0. The van der Waals surface area contributed by atoms with Crippen molar-refractivity contribution in [1.29, 1.82) is 0 Å². The summed E-state index contributed by atoms with van der Waals surface area (Å²) in [6, 6.07) is 3.59.